The average Bonchev–Trinajstić information content (AvgIpc) is 2.42. The molecular formula is C16H27NO2. The van der Waals surface area contributed by atoms with Gasteiger partial charge in [-0.05, 0) is 49.9 Å². The van der Waals surface area contributed by atoms with E-state index in [-0.39, 0.29) is 0 Å². The summed E-state index contributed by atoms with van der Waals surface area (Å²) in [7, 11) is 3.46. The lowest BCUT2D eigenvalue weighted by Gasteiger charge is -2.07. The lowest BCUT2D eigenvalue weighted by atomic mass is 10.0. The van der Waals surface area contributed by atoms with Gasteiger partial charge in [0.2, 0.25) is 0 Å². The third-order valence-electron chi connectivity index (χ3n) is 3.26. The first kappa shape index (κ1) is 16.0. The van der Waals surface area contributed by atoms with Crippen molar-refractivity contribution in [3.8, 4) is 5.75 Å². The van der Waals surface area contributed by atoms with Crippen molar-refractivity contribution in [2.45, 2.75) is 32.6 Å². The van der Waals surface area contributed by atoms with Crippen LogP contribution in [-0.2, 0) is 11.2 Å². The van der Waals surface area contributed by atoms with E-state index in [2.05, 4.69) is 30.4 Å². The molecule has 1 aromatic carbocycles. The van der Waals surface area contributed by atoms with E-state index in [1.165, 1.54) is 30.4 Å². The summed E-state index contributed by atoms with van der Waals surface area (Å²) in [6.45, 7) is 4.94. The van der Waals surface area contributed by atoms with Crippen LogP contribution >= 0.6 is 0 Å². The normalized spacial score (nSPS) is 10.7. The molecule has 0 heterocycles. The van der Waals surface area contributed by atoms with E-state index >= 15 is 0 Å². The summed E-state index contributed by atoms with van der Waals surface area (Å²) in [5.74, 6) is 0.978. The molecule has 0 amide bonds. The molecule has 0 atom stereocenters. The zero-order valence-corrected chi connectivity index (χ0v) is 12.5. The Morgan fingerprint density at radius 2 is 1.89 bits per heavy atom. The lowest BCUT2D eigenvalue weighted by Crippen LogP contribution is -2.20. The van der Waals surface area contributed by atoms with Gasteiger partial charge in [0.1, 0.15) is 5.75 Å². The fraction of sp³-hybridized carbons (Fsp3) is 0.625. The highest BCUT2D eigenvalue weighted by molar-refractivity contribution is 5.36. The fourth-order valence-electron chi connectivity index (χ4n) is 2.15. The van der Waals surface area contributed by atoms with Gasteiger partial charge < -0.3 is 14.8 Å². The molecule has 0 saturated heterocycles. The zero-order chi connectivity index (χ0) is 13.9. The summed E-state index contributed by atoms with van der Waals surface area (Å²) in [5, 5.41) is 3.37. The molecule has 19 heavy (non-hydrogen) atoms. The number of hydrogen-bond donors (Lipinski definition) is 1. The molecule has 108 valence electrons. The first-order valence-electron chi connectivity index (χ1n) is 7.11. The highest BCUT2D eigenvalue weighted by atomic mass is 16.5. The minimum absolute atomic E-state index is 0.797. The maximum Gasteiger partial charge on any atom is 0.121 e. The average molecular weight is 265 g/mol. The first-order chi connectivity index (χ1) is 9.27. The molecular weight excluding hydrogens is 238 g/mol. The number of nitrogens with one attached hydrogen (secondary N) is 1. The Labute approximate surface area is 117 Å². The number of aryl methyl sites for hydroxylation is 2. The molecule has 0 unspecified atom stereocenters. The van der Waals surface area contributed by atoms with Crippen molar-refractivity contribution >= 4 is 0 Å². The van der Waals surface area contributed by atoms with Gasteiger partial charge in [-0.2, -0.15) is 0 Å². The van der Waals surface area contributed by atoms with Crippen LogP contribution in [0, 0.1) is 6.92 Å². The molecule has 0 aliphatic heterocycles. The van der Waals surface area contributed by atoms with E-state index in [9.17, 15) is 0 Å². The van der Waals surface area contributed by atoms with Crippen molar-refractivity contribution in [1.29, 1.82) is 0 Å². The van der Waals surface area contributed by atoms with Gasteiger partial charge in [0.25, 0.3) is 0 Å². The lowest BCUT2D eigenvalue weighted by molar-refractivity contribution is 0.199. The maximum atomic E-state index is 5.27. The Morgan fingerprint density at radius 1 is 1.05 bits per heavy atom. The number of ether oxygens (including phenoxy) is 2. The van der Waals surface area contributed by atoms with Crippen molar-refractivity contribution in [2.75, 3.05) is 33.9 Å². The topological polar surface area (TPSA) is 30.5 Å². The molecule has 3 heteroatoms. The van der Waals surface area contributed by atoms with Crippen LogP contribution in [0.25, 0.3) is 0 Å². The van der Waals surface area contributed by atoms with Gasteiger partial charge in [-0.1, -0.05) is 18.6 Å². The largest absolute Gasteiger partial charge is 0.496 e. The molecule has 0 aliphatic rings. The summed E-state index contributed by atoms with van der Waals surface area (Å²) < 4.78 is 10.3. The van der Waals surface area contributed by atoms with Crippen molar-refractivity contribution in [3.05, 3.63) is 29.3 Å². The monoisotopic (exact) mass is 265 g/mol. The third-order valence-corrected chi connectivity index (χ3v) is 3.26. The Morgan fingerprint density at radius 3 is 2.58 bits per heavy atom. The minimum atomic E-state index is 0.797. The number of benzene rings is 1. The maximum absolute atomic E-state index is 5.27. The highest BCUT2D eigenvalue weighted by Crippen LogP contribution is 2.19. The van der Waals surface area contributed by atoms with Crippen LogP contribution in [0.4, 0.5) is 0 Å². The summed E-state index contributed by atoms with van der Waals surface area (Å²) in [6.07, 6.45) is 4.91. The number of hydrogen-bond acceptors (Lipinski definition) is 3. The van der Waals surface area contributed by atoms with E-state index in [1.54, 1.807) is 14.2 Å². The van der Waals surface area contributed by atoms with Crippen molar-refractivity contribution in [3.63, 3.8) is 0 Å². The van der Waals surface area contributed by atoms with Crippen LogP contribution in [-0.4, -0.2) is 33.9 Å². The van der Waals surface area contributed by atoms with Crippen molar-refractivity contribution < 1.29 is 9.47 Å². The van der Waals surface area contributed by atoms with Crippen LogP contribution in [0.15, 0.2) is 18.2 Å². The van der Waals surface area contributed by atoms with E-state index < -0.39 is 0 Å². The molecule has 0 fully saturated rings. The quantitative estimate of drug-likeness (QED) is 0.660. The summed E-state index contributed by atoms with van der Waals surface area (Å²) >= 11 is 0. The van der Waals surface area contributed by atoms with Gasteiger partial charge >= 0.3 is 0 Å². The Bertz CT molecular complexity index is 353. The molecule has 1 rings (SSSR count). The van der Waals surface area contributed by atoms with E-state index in [0.717, 1.165) is 31.9 Å². The number of rotatable bonds is 10. The minimum Gasteiger partial charge on any atom is -0.496 e. The molecule has 0 aromatic heterocycles. The van der Waals surface area contributed by atoms with E-state index in [4.69, 9.17) is 9.47 Å². The number of unbranched alkanes of at least 4 members (excludes halogenated alkanes) is 2. The molecule has 0 saturated carbocycles. The molecule has 1 N–H and O–H groups in total. The van der Waals surface area contributed by atoms with Gasteiger partial charge in [-0.3, -0.25) is 0 Å². The number of methoxy groups -OCH3 is 2. The van der Waals surface area contributed by atoms with Crippen molar-refractivity contribution in [2.24, 2.45) is 0 Å². The van der Waals surface area contributed by atoms with Crippen LogP contribution in [0.5, 0.6) is 5.75 Å². The van der Waals surface area contributed by atoms with E-state index in [1.807, 2.05) is 0 Å². The molecule has 0 spiro atoms. The molecule has 3 nitrogen and oxygen atoms in total. The SMILES string of the molecule is COCCNCCCCCc1ccc(OC)c(C)c1. The predicted octanol–water partition coefficient (Wildman–Crippen LogP) is 2.95. The molecule has 0 aliphatic carbocycles. The standard InChI is InChI=1S/C16H27NO2/c1-14-13-15(8-9-16(14)19-3)7-5-4-6-10-17-11-12-18-2/h8-9,13,17H,4-7,10-12H2,1-3H3. The van der Waals surface area contributed by atoms with Gasteiger partial charge in [0, 0.05) is 13.7 Å². The van der Waals surface area contributed by atoms with Crippen LogP contribution < -0.4 is 10.1 Å². The molecule has 1 aromatic rings. The predicted molar refractivity (Wildman–Crippen MR) is 80.0 cm³/mol. The summed E-state index contributed by atoms with van der Waals surface area (Å²) in [5.41, 5.74) is 2.63. The second-order valence-corrected chi connectivity index (χ2v) is 4.86. The third kappa shape index (κ3) is 6.60. The zero-order valence-electron chi connectivity index (χ0n) is 12.5. The van der Waals surface area contributed by atoms with Gasteiger partial charge in [0.15, 0.2) is 0 Å². The molecule has 0 bridgehead atoms. The van der Waals surface area contributed by atoms with Gasteiger partial charge in [-0.25, -0.2) is 0 Å². The Kier molecular flexibility index (Phi) is 8.26. The van der Waals surface area contributed by atoms with E-state index in [0.29, 0.717) is 0 Å². The Hall–Kier alpha value is -1.06. The van der Waals surface area contributed by atoms with Crippen LogP contribution in [0.3, 0.4) is 0 Å². The smallest absolute Gasteiger partial charge is 0.121 e. The van der Waals surface area contributed by atoms with Gasteiger partial charge in [-0.15, -0.1) is 0 Å². The van der Waals surface area contributed by atoms with Gasteiger partial charge in [0.05, 0.1) is 13.7 Å². The van der Waals surface area contributed by atoms with Crippen LogP contribution in [0.2, 0.25) is 0 Å². The second-order valence-electron chi connectivity index (χ2n) is 4.86. The van der Waals surface area contributed by atoms with Crippen LogP contribution in [0.1, 0.15) is 30.4 Å². The first-order valence-corrected chi connectivity index (χ1v) is 7.11. The summed E-state index contributed by atoms with van der Waals surface area (Å²) in [4.78, 5) is 0. The molecule has 0 radical (unpaired) electrons. The van der Waals surface area contributed by atoms with Crippen molar-refractivity contribution in [1.82, 2.24) is 5.32 Å². The Balaban J connectivity index is 2.11. The summed E-state index contributed by atoms with van der Waals surface area (Å²) in [6, 6.07) is 6.47. The fourth-order valence-corrected chi connectivity index (χ4v) is 2.15. The highest BCUT2D eigenvalue weighted by Gasteiger charge is 2.00. The second kappa shape index (κ2) is 9.82.